The maximum absolute atomic E-state index is 12.8. The second-order valence-electron chi connectivity index (χ2n) is 8.98. The Morgan fingerprint density at radius 3 is 2.80 bits per heavy atom. The third-order valence-electron chi connectivity index (χ3n) is 6.89. The lowest BCUT2D eigenvalue weighted by Gasteiger charge is -2.33. The number of piperidine rings is 1. The fourth-order valence-electron chi connectivity index (χ4n) is 5.23. The third-order valence-corrected chi connectivity index (χ3v) is 6.89. The molecule has 2 fully saturated rings. The molecule has 8 nitrogen and oxygen atoms in total. The van der Waals surface area contributed by atoms with Crippen molar-refractivity contribution in [3.63, 3.8) is 0 Å². The van der Waals surface area contributed by atoms with Crippen LogP contribution in [0.15, 0.2) is 6.33 Å². The molecule has 2 aromatic heterocycles. The van der Waals surface area contributed by atoms with Crippen LogP contribution >= 0.6 is 0 Å². The van der Waals surface area contributed by atoms with Crippen molar-refractivity contribution < 1.29 is 4.79 Å². The Kier molecular flexibility index (Phi) is 5.84. The zero-order valence-electron chi connectivity index (χ0n) is 17.9. The van der Waals surface area contributed by atoms with E-state index in [0.29, 0.717) is 6.54 Å². The Balaban J connectivity index is 1.27. The minimum absolute atomic E-state index is 0.0165. The number of fused-ring (bicyclic) bond motifs is 3. The molecule has 5 heterocycles. The quantitative estimate of drug-likeness (QED) is 0.811. The fourth-order valence-corrected chi connectivity index (χ4v) is 5.23. The number of imidazole rings is 1. The highest BCUT2D eigenvalue weighted by atomic mass is 16.1. The number of hydrogen-bond donors (Lipinski definition) is 1. The van der Waals surface area contributed by atoms with Crippen LogP contribution < -0.4 is 10.2 Å². The summed E-state index contributed by atoms with van der Waals surface area (Å²) in [5, 5.41) is 3.18. The van der Waals surface area contributed by atoms with Gasteiger partial charge in [0.15, 0.2) is 17.0 Å². The molecule has 8 heteroatoms. The molecule has 3 aliphatic heterocycles. The molecule has 30 heavy (non-hydrogen) atoms. The van der Waals surface area contributed by atoms with Gasteiger partial charge in [-0.1, -0.05) is 6.42 Å². The molecular weight excluding hydrogens is 378 g/mol. The lowest BCUT2D eigenvalue weighted by atomic mass is 9.97. The standard InChI is InChI=1S/C22H33N7O/c30-22(23-9-14-27-10-4-5-11-27)17-7-6-12-28(15-17)20-19-21(25-16-24-20)29-13-3-1-2-8-18(29)26-19/h16-17H,1-15H2,(H,23,30)/t17-/m1/s1. The highest BCUT2D eigenvalue weighted by molar-refractivity contribution is 5.85. The second-order valence-corrected chi connectivity index (χ2v) is 8.98. The molecule has 2 aromatic rings. The summed E-state index contributed by atoms with van der Waals surface area (Å²) >= 11 is 0. The van der Waals surface area contributed by atoms with Crippen molar-refractivity contribution in [3.8, 4) is 0 Å². The predicted molar refractivity (Wildman–Crippen MR) is 116 cm³/mol. The van der Waals surface area contributed by atoms with Gasteiger partial charge in [0, 0.05) is 39.1 Å². The van der Waals surface area contributed by atoms with Crippen LogP contribution in [0.4, 0.5) is 5.82 Å². The maximum atomic E-state index is 12.8. The van der Waals surface area contributed by atoms with E-state index < -0.39 is 0 Å². The van der Waals surface area contributed by atoms with E-state index in [1.54, 1.807) is 6.33 Å². The van der Waals surface area contributed by atoms with Crippen molar-refractivity contribution in [3.05, 3.63) is 12.2 Å². The Labute approximate surface area is 178 Å². The van der Waals surface area contributed by atoms with Gasteiger partial charge in [-0.2, -0.15) is 0 Å². The van der Waals surface area contributed by atoms with Gasteiger partial charge in [0.1, 0.15) is 12.2 Å². The van der Waals surface area contributed by atoms with E-state index in [2.05, 4.69) is 29.7 Å². The summed E-state index contributed by atoms with van der Waals surface area (Å²) in [7, 11) is 0. The summed E-state index contributed by atoms with van der Waals surface area (Å²) in [5.41, 5.74) is 1.86. The van der Waals surface area contributed by atoms with Crippen molar-refractivity contribution in [2.45, 2.75) is 57.9 Å². The number of aryl methyl sites for hydroxylation is 2. The monoisotopic (exact) mass is 411 g/mol. The molecule has 0 saturated carbocycles. The molecule has 0 radical (unpaired) electrons. The van der Waals surface area contributed by atoms with E-state index in [-0.39, 0.29) is 11.8 Å². The number of carbonyl (C=O) groups is 1. The Bertz CT molecular complexity index is 889. The molecule has 5 rings (SSSR count). The number of hydrogen-bond acceptors (Lipinski definition) is 6. The van der Waals surface area contributed by atoms with E-state index in [1.165, 1.54) is 45.2 Å². The Hall–Kier alpha value is -2.22. The first-order valence-electron chi connectivity index (χ1n) is 11.7. The molecule has 0 bridgehead atoms. The number of nitrogens with one attached hydrogen (secondary N) is 1. The number of rotatable bonds is 5. The minimum Gasteiger partial charge on any atom is -0.355 e. The van der Waals surface area contributed by atoms with Gasteiger partial charge in [0.05, 0.1) is 5.92 Å². The lowest BCUT2D eigenvalue weighted by molar-refractivity contribution is -0.125. The molecule has 0 spiro atoms. The van der Waals surface area contributed by atoms with Gasteiger partial charge in [-0.15, -0.1) is 0 Å². The van der Waals surface area contributed by atoms with E-state index in [9.17, 15) is 4.79 Å². The maximum Gasteiger partial charge on any atom is 0.224 e. The number of amides is 1. The number of nitrogens with zero attached hydrogens (tertiary/aromatic N) is 6. The first-order valence-corrected chi connectivity index (χ1v) is 11.7. The van der Waals surface area contributed by atoms with Gasteiger partial charge >= 0.3 is 0 Å². The molecule has 0 aliphatic carbocycles. The van der Waals surface area contributed by atoms with Crippen LogP contribution in [-0.4, -0.2) is 69.6 Å². The zero-order chi connectivity index (χ0) is 20.3. The summed E-state index contributed by atoms with van der Waals surface area (Å²) in [6, 6.07) is 0. The second kappa shape index (κ2) is 8.88. The molecule has 162 valence electrons. The number of anilines is 1. The number of aromatic nitrogens is 4. The van der Waals surface area contributed by atoms with Crippen LogP contribution in [0.25, 0.3) is 11.2 Å². The predicted octanol–water partition coefficient (Wildman–Crippen LogP) is 1.98. The van der Waals surface area contributed by atoms with Crippen LogP contribution in [-0.2, 0) is 17.8 Å². The van der Waals surface area contributed by atoms with Crippen molar-refractivity contribution in [2.24, 2.45) is 5.92 Å². The van der Waals surface area contributed by atoms with Gasteiger partial charge in [-0.3, -0.25) is 4.79 Å². The molecular formula is C22H33N7O. The molecule has 3 aliphatic rings. The summed E-state index contributed by atoms with van der Waals surface area (Å²) < 4.78 is 2.28. The summed E-state index contributed by atoms with van der Waals surface area (Å²) in [6.45, 7) is 6.69. The van der Waals surface area contributed by atoms with Gasteiger partial charge in [0.2, 0.25) is 5.91 Å². The first-order chi connectivity index (χ1) is 14.8. The average Bonchev–Trinajstić information content (AvgIpc) is 3.35. The van der Waals surface area contributed by atoms with Crippen LogP contribution in [0.5, 0.6) is 0 Å². The summed E-state index contributed by atoms with van der Waals surface area (Å²) in [6.07, 6.45) is 10.8. The molecule has 0 aromatic carbocycles. The molecule has 1 atom stereocenters. The topological polar surface area (TPSA) is 79.2 Å². The van der Waals surface area contributed by atoms with Gasteiger partial charge < -0.3 is 19.7 Å². The van der Waals surface area contributed by atoms with E-state index in [4.69, 9.17) is 4.98 Å². The number of likely N-dealkylation sites (tertiary alicyclic amines) is 1. The largest absolute Gasteiger partial charge is 0.355 e. The molecule has 0 unspecified atom stereocenters. The Morgan fingerprint density at radius 1 is 1.03 bits per heavy atom. The SMILES string of the molecule is O=C(NCCN1CCCC1)[C@@H]1CCCN(c2ncnc3c2nc2n3CCCCC2)C1. The lowest BCUT2D eigenvalue weighted by Crippen LogP contribution is -2.45. The van der Waals surface area contributed by atoms with Crippen LogP contribution in [0.1, 0.15) is 50.8 Å². The van der Waals surface area contributed by atoms with E-state index >= 15 is 0 Å². The number of carbonyl (C=O) groups excluding carboxylic acids is 1. The van der Waals surface area contributed by atoms with E-state index in [0.717, 1.165) is 68.2 Å². The highest BCUT2D eigenvalue weighted by Crippen LogP contribution is 2.29. The Morgan fingerprint density at radius 2 is 1.90 bits per heavy atom. The average molecular weight is 412 g/mol. The summed E-state index contributed by atoms with van der Waals surface area (Å²) in [4.78, 5) is 31.6. The van der Waals surface area contributed by atoms with Crippen molar-refractivity contribution in [2.75, 3.05) is 44.2 Å². The van der Waals surface area contributed by atoms with Crippen LogP contribution in [0.2, 0.25) is 0 Å². The van der Waals surface area contributed by atoms with Crippen LogP contribution in [0, 0.1) is 5.92 Å². The molecule has 1 N–H and O–H groups in total. The van der Waals surface area contributed by atoms with Crippen LogP contribution in [0.3, 0.4) is 0 Å². The fraction of sp³-hybridized carbons (Fsp3) is 0.727. The smallest absolute Gasteiger partial charge is 0.224 e. The first kappa shape index (κ1) is 19.7. The van der Waals surface area contributed by atoms with Gasteiger partial charge in [0.25, 0.3) is 0 Å². The minimum atomic E-state index is 0.0165. The van der Waals surface area contributed by atoms with Gasteiger partial charge in [-0.05, 0) is 51.6 Å². The normalized spacial score (nSPS) is 22.8. The van der Waals surface area contributed by atoms with Crippen molar-refractivity contribution in [1.82, 2.24) is 29.7 Å². The van der Waals surface area contributed by atoms with E-state index in [1.807, 2.05) is 0 Å². The third kappa shape index (κ3) is 4.02. The van der Waals surface area contributed by atoms with Crippen molar-refractivity contribution in [1.29, 1.82) is 0 Å². The zero-order valence-corrected chi connectivity index (χ0v) is 17.9. The molecule has 1 amide bonds. The van der Waals surface area contributed by atoms with Gasteiger partial charge in [-0.25, -0.2) is 15.0 Å². The molecule has 2 saturated heterocycles. The highest BCUT2D eigenvalue weighted by Gasteiger charge is 2.29. The van der Waals surface area contributed by atoms with Crippen molar-refractivity contribution >= 4 is 22.9 Å². The summed E-state index contributed by atoms with van der Waals surface area (Å²) in [5.74, 6) is 2.24.